The molecule has 1 aromatic carbocycles. The van der Waals surface area contributed by atoms with Crippen molar-refractivity contribution in [3.8, 4) is 0 Å². The number of benzene rings is 1. The van der Waals surface area contributed by atoms with Crippen molar-refractivity contribution in [3.05, 3.63) is 35.4 Å². The van der Waals surface area contributed by atoms with Crippen molar-refractivity contribution in [1.82, 2.24) is 0 Å². The predicted octanol–water partition coefficient (Wildman–Crippen LogP) is 4.09. The van der Waals surface area contributed by atoms with Crippen LogP contribution in [0.3, 0.4) is 0 Å². The smallest absolute Gasteiger partial charge is 0.0195 e. The second-order valence-corrected chi connectivity index (χ2v) is 6.87. The summed E-state index contributed by atoms with van der Waals surface area (Å²) in [6, 6.07) is 9.00. The van der Waals surface area contributed by atoms with E-state index in [1.165, 1.54) is 24.0 Å². The Morgan fingerprint density at radius 2 is 1.44 bits per heavy atom. The van der Waals surface area contributed by atoms with Crippen LogP contribution >= 0.6 is 0 Å². The van der Waals surface area contributed by atoms with E-state index in [9.17, 15) is 0 Å². The molecule has 0 aromatic heterocycles. The van der Waals surface area contributed by atoms with Crippen molar-refractivity contribution in [3.63, 3.8) is 0 Å². The normalized spacial score (nSPS) is 21.8. The highest BCUT2D eigenvalue weighted by Gasteiger charge is 2.35. The molecule has 0 radical (unpaired) electrons. The molecule has 1 heteroatoms. The molecule has 2 N–H and O–H groups in total. The summed E-state index contributed by atoms with van der Waals surface area (Å²) in [7, 11) is 0. The van der Waals surface area contributed by atoms with Gasteiger partial charge in [0.1, 0.15) is 0 Å². The van der Waals surface area contributed by atoms with E-state index in [1.807, 2.05) is 0 Å². The Hall–Kier alpha value is -0.820. The van der Waals surface area contributed by atoms with Crippen molar-refractivity contribution in [2.45, 2.75) is 64.8 Å². The summed E-state index contributed by atoms with van der Waals surface area (Å²) >= 11 is 0. The molecule has 0 saturated heterocycles. The summed E-state index contributed by atoms with van der Waals surface area (Å²) in [5, 5.41) is 0. The first-order valence-corrected chi connectivity index (χ1v) is 7.29. The highest BCUT2D eigenvalue weighted by molar-refractivity contribution is 5.24. The van der Waals surface area contributed by atoms with E-state index in [0.29, 0.717) is 5.41 Å². The van der Waals surface area contributed by atoms with Gasteiger partial charge in [0.2, 0.25) is 0 Å². The second kappa shape index (κ2) is 5.05. The summed E-state index contributed by atoms with van der Waals surface area (Å²) in [6.45, 7) is 6.92. The van der Waals surface area contributed by atoms with Crippen LogP contribution in [-0.2, 0) is 12.8 Å². The minimum absolute atomic E-state index is 0.0310. The first-order valence-electron chi connectivity index (χ1n) is 7.29. The largest absolute Gasteiger partial charge is 0.325 e. The Balaban J connectivity index is 2.00. The fraction of sp³-hybridized carbons (Fsp3) is 0.647. The fourth-order valence-corrected chi connectivity index (χ4v) is 2.90. The lowest BCUT2D eigenvalue weighted by Crippen LogP contribution is -2.46. The number of hydrogen-bond acceptors (Lipinski definition) is 1. The summed E-state index contributed by atoms with van der Waals surface area (Å²) < 4.78 is 0. The van der Waals surface area contributed by atoms with Crippen LogP contribution in [0.15, 0.2) is 24.3 Å². The maximum absolute atomic E-state index is 6.58. The third-order valence-corrected chi connectivity index (χ3v) is 4.59. The van der Waals surface area contributed by atoms with E-state index >= 15 is 0 Å². The zero-order valence-electron chi connectivity index (χ0n) is 12.1. The average molecular weight is 245 g/mol. The zero-order chi connectivity index (χ0) is 13.2. The predicted molar refractivity (Wildman–Crippen MR) is 78.7 cm³/mol. The van der Waals surface area contributed by atoms with Gasteiger partial charge in [0, 0.05) is 5.54 Å². The van der Waals surface area contributed by atoms with E-state index in [4.69, 9.17) is 5.73 Å². The number of nitrogens with two attached hydrogens (primary N) is 1. The minimum Gasteiger partial charge on any atom is -0.325 e. The average Bonchev–Trinajstić information content (AvgIpc) is 2.35. The standard InChI is InChI=1S/C17H27N/c1-4-14-5-7-15(8-6-14)13-17(18)11-9-16(2,3)10-12-17/h5-8H,4,9-13,18H2,1-3H3. The Kier molecular flexibility index (Phi) is 3.82. The maximum atomic E-state index is 6.58. The van der Waals surface area contributed by atoms with Gasteiger partial charge < -0.3 is 5.73 Å². The lowest BCUT2D eigenvalue weighted by Gasteiger charge is -2.41. The molecule has 1 aliphatic rings. The Morgan fingerprint density at radius 3 is 1.94 bits per heavy atom. The summed E-state index contributed by atoms with van der Waals surface area (Å²) in [5.74, 6) is 0. The highest BCUT2D eigenvalue weighted by Crippen LogP contribution is 2.40. The minimum atomic E-state index is 0.0310. The van der Waals surface area contributed by atoms with Crippen molar-refractivity contribution in [2.24, 2.45) is 11.1 Å². The van der Waals surface area contributed by atoms with Crippen LogP contribution in [0.4, 0.5) is 0 Å². The highest BCUT2D eigenvalue weighted by atomic mass is 14.7. The summed E-state index contributed by atoms with van der Waals surface area (Å²) in [6.07, 6.45) is 6.99. The van der Waals surface area contributed by atoms with E-state index < -0.39 is 0 Å². The van der Waals surface area contributed by atoms with E-state index in [-0.39, 0.29) is 5.54 Å². The monoisotopic (exact) mass is 245 g/mol. The lowest BCUT2D eigenvalue weighted by molar-refractivity contribution is 0.164. The Labute approximate surface area is 112 Å². The van der Waals surface area contributed by atoms with Gasteiger partial charge in [0.05, 0.1) is 0 Å². The van der Waals surface area contributed by atoms with Gasteiger partial charge in [-0.05, 0) is 55.1 Å². The SMILES string of the molecule is CCc1ccc(CC2(N)CCC(C)(C)CC2)cc1. The first kappa shape index (κ1) is 13.6. The molecule has 0 heterocycles. The third kappa shape index (κ3) is 3.35. The molecule has 0 aliphatic heterocycles. The second-order valence-electron chi connectivity index (χ2n) is 6.87. The van der Waals surface area contributed by atoms with Gasteiger partial charge in [-0.1, -0.05) is 45.0 Å². The van der Waals surface area contributed by atoms with Gasteiger partial charge in [0.25, 0.3) is 0 Å². The van der Waals surface area contributed by atoms with Crippen molar-refractivity contribution in [2.75, 3.05) is 0 Å². The maximum Gasteiger partial charge on any atom is 0.0195 e. The number of rotatable bonds is 3. The van der Waals surface area contributed by atoms with Gasteiger partial charge in [-0.3, -0.25) is 0 Å². The van der Waals surface area contributed by atoms with Crippen LogP contribution in [0.2, 0.25) is 0 Å². The van der Waals surface area contributed by atoms with Crippen molar-refractivity contribution in [1.29, 1.82) is 0 Å². The van der Waals surface area contributed by atoms with E-state index in [2.05, 4.69) is 45.0 Å². The van der Waals surface area contributed by atoms with E-state index in [0.717, 1.165) is 25.7 Å². The number of aryl methyl sites for hydroxylation is 1. The third-order valence-electron chi connectivity index (χ3n) is 4.59. The molecule has 1 aliphatic carbocycles. The molecule has 0 spiro atoms. The van der Waals surface area contributed by atoms with Crippen LogP contribution in [0.5, 0.6) is 0 Å². The van der Waals surface area contributed by atoms with Crippen LogP contribution in [-0.4, -0.2) is 5.54 Å². The van der Waals surface area contributed by atoms with Gasteiger partial charge in [-0.25, -0.2) is 0 Å². The molecular formula is C17H27N. The fourth-order valence-electron chi connectivity index (χ4n) is 2.90. The molecule has 1 fully saturated rings. The Morgan fingerprint density at radius 1 is 0.944 bits per heavy atom. The molecule has 18 heavy (non-hydrogen) atoms. The molecule has 0 unspecified atom stereocenters. The molecular weight excluding hydrogens is 218 g/mol. The molecule has 0 atom stereocenters. The quantitative estimate of drug-likeness (QED) is 0.853. The molecule has 1 aromatic rings. The topological polar surface area (TPSA) is 26.0 Å². The van der Waals surface area contributed by atoms with Crippen LogP contribution < -0.4 is 5.73 Å². The molecule has 100 valence electrons. The van der Waals surface area contributed by atoms with Gasteiger partial charge in [0.15, 0.2) is 0 Å². The van der Waals surface area contributed by atoms with Crippen molar-refractivity contribution >= 4 is 0 Å². The zero-order valence-corrected chi connectivity index (χ0v) is 12.1. The molecule has 0 bridgehead atoms. The molecule has 1 saturated carbocycles. The first-order chi connectivity index (χ1) is 8.42. The van der Waals surface area contributed by atoms with Crippen LogP contribution in [0.1, 0.15) is 57.6 Å². The van der Waals surface area contributed by atoms with Crippen LogP contribution in [0, 0.1) is 5.41 Å². The van der Waals surface area contributed by atoms with Gasteiger partial charge >= 0.3 is 0 Å². The van der Waals surface area contributed by atoms with Crippen molar-refractivity contribution < 1.29 is 0 Å². The van der Waals surface area contributed by atoms with Gasteiger partial charge in [-0.15, -0.1) is 0 Å². The molecule has 1 nitrogen and oxygen atoms in total. The summed E-state index contributed by atoms with van der Waals surface area (Å²) in [4.78, 5) is 0. The molecule has 0 amide bonds. The molecule has 2 rings (SSSR count). The Bertz CT molecular complexity index is 379. The van der Waals surface area contributed by atoms with Crippen LogP contribution in [0.25, 0.3) is 0 Å². The number of hydrogen-bond donors (Lipinski definition) is 1. The summed E-state index contributed by atoms with van der Waals surface area (Å²) in [5.41, 5.74) is 9.92. The lowest BCUT2D eigenvalue weighted by atomic mass is 9.68. The van der Waals surface area contributed by atoms with E-state index in [1.54, 1.807) is 0 Å². The van der Waals surface area contributed by atoms with Gasteiger partial charge in [-0.2, -0.15) is 0 Å².